The van der Waals surface area contributed by atoms with E-state index in [1.165, 1.54) is 9.47 Å². The Bertz CT molecular complexity index is 666. The van der Waals surface area contributed by atoms with Crippen LogP contribution in [0.1, 0.15) is 41.1 Å². The lowest BCUT2D eigenvalue weighted by Gasteiger charge is -2.40. The van der Waals surface area contributed by atoms with Crippen molar-refractivity contribution in [1.29, 1.82) is 0 Å². The zero-order chi connectivity index (χ0) is 16.4. The second kappa shape index (κ2) is 6.18. The van der Waals surface area contributed by atoms with Crippen LogP contribution in [0, 0.1) is 0 Å². The number of carbonyl (C=O) groups is 2. The minimum atomic E-state index is -1.44. The summed E-state index contributed by atoms with van der Waals surface area (Å²) in [6.07, 6.45) is 1.26. The molecule has 8 heteroatoms. The number of carbonyl (C=O) groups excluding carboxylic acids is 1. The van der Waals surface area contributed by atoms with Crippen molar-refractivity contribution in [2.24, 2.45) is 0 Å². The monoisotopic (exact) mass is 310 g/mol. The molecule has 1 saturated heterocycles. The molecule has 2 aliphatic rings. The van der Waals surface area contributed by atoms with Gasteiger partial charge in [0.25, 0.3) is 5.91 Å². The highest BCUT2D eigenvalue weighted by Gasteiger charge is 2.37. The molecule has 0 aliphatic carbocycles. The lowest BCUT2D eigenvalue weighted by molar-refractivity contribution is -0.0920. The number of hydrogen-bond acceptors (Lipinski definition) is 5. The number of aromatic carboxylic acids is 1. The van der Waals surface area contributed by atoms with E-state index in [0.717, 1.165) is 6.20 Å². The molecule has 2 aliphatic heterocycles. The Morgan fingerprint density at radius 3 is 2.68 bits per heavy atom. The zero-order valence-corrected chi connectivity index (χ0v) is 12.4. The summed E-state index contributed by atoms with van der Waals surface area (Å²) >= 11 is 0. The highest BCUT2D eigenvalue weighted by atomic mass is 16.5. The van der Waals surface area contributed by atoms with Gasteiger partial charge in [-0.25, -0.2) is 4.79 Å². The summed E-state index contributed by atoms with van der Waals surface area (Å²) in [6, 6.07) is 0. The number of aromatic hydroxyl groups is 1. The van der Waals surface area contributed by atoms with Gasteiger partial charge in [-0.15, -0.1) is 0 Å². The maximum absolute atomic E-state index is 12.3. The summed E-state index contributed by atoms with van der Waals surface area (Å²) in [4.78, 5) is 36.4. The lowest BCUT2D eigenvalue weighted by Crippen LogP contribution is -2.53. The van der Waals surface area contributed by atoms with E-state index in [0.29, 0.717) is 19.6 Å². The van der Waals surface area contributed by atoms with Crippen LogP contribution >= 0.6 is 0 Å². The first-order chi connectivity index (χ1) is 10.5. The van der Waals surface area contributed by atoms with Gasteiger partial charge in [0.05, 0.1) is 13.2 Å². The number of pyridine rings is 1. The molecule has 1 amide bonds. The summed E-state index contributed by atoms with van der Waals surface area (Å²) in [6.45, 7) is 5.19. The Labute approximate surface area is 126 Å². The van der Waals surface area contributed by atoms with Crippen molar-refractivity contribution in [3.05, 3.63) is 27.7 Å². The average Bonchev–Trinajstić information content (AvgIpc) is 2.52. The molecule has 2 N–H and O–H groups in total. The Balaban J connectivity index is 0.000000847. The number of ether oxygens (including phenoxy) is 1. The quantitative estimate of drug-likeness (QED) is 0.781. The molecule has 1 aromatic rings. The van der Waals surface area contributed by atoms with E-state index < -0.39 is 34.8 Å². The van der Waals surface area contributed by atoms with Gasteiger partial charge in [-0.05, 0) is 6.42 Å². The third kappa shape index (κ3) is 2.45. The number of fused-ring (bicyclic) bond motifs is 2. The predicted molar refractivity (Wildman–Crippen MR) is 76.1 cm³/mol. The molecule has 1 atom stereocenters. The second-order valence-electron chi connectivity index (χ2n) is 4.70. The number of aromatic nitrogens is 1. The van der Waals surface area contributed by atoms with Crippen LogP contribution in [0.25, 0.3) is 0 Å². The number of hydrogen-bond donors (Lipinski definition) is 2. The highest BCUT2D eigenvalue weighted by Crippen LogP contribution is 2.26. The number of nitrogens with zero attached hydrogens (tertiary/aromatic N) is 2. The molecule has 8 nitrogen and oxygen atoms in total. The minimum Gasteiger partial charge on any atom is -0.503 e. The van der Waals surface area contributed by atoms with Crippen LogP contribution in [0.5, 0.6) is 5.75 Å². The van der Waals surface area contributed by atoms with Crippen molar-refractivity contribution < 1.29 is 24.5 Å². The molecule has 3 heterocycles. The van der Waals surface area contributed by atoms with Crippen LogP contribution in [-0.4, -0.2) is 50.9 Å². The van der Waals surface area contributed by atoms with E-state index in [1.54, 1.807) is 0 Å². The van der Waals surface area contributed by atoms with Crippen molar-refractivity contribution in [2.75, 3.05) is 13.2 Å². The van der Waals surface area contributed by atoms with Gasteiger partial charge >= 0.3 is 5.97 Å². The highest BCUT2D eigenvalue weighted by molar-refractivity contribution is 5.97. The summed E-state index contributed by atoms with van der Waals surface area (Å²) < 4.78 is 6.73. The van der Waals surface area contributed by atoms with E-state index in [1.807, 2.05) is 13.8 Å². The van der Waals surface area contributed by atoms with Crippen LogP contribution in [0.15, 0.2) is 11.0 Å². The Morgan fingerprint density at radius 1 is 1.36 bits per heavy atom. The molecular weight excluding hydrogens is 292 g/mol. The van der Waals surface area contributed by atoms with Gasteiger partial charge in [0, 0.05) is 12.7 Å². The zero-order valence-electron chi connectivity index (χ0n) is 12.4. The third-order valence-electron chi connectivity index (χ3n) is 3.50. The normalized spacial score (nSPS) is 19.6. The maximum atomic E-state index is 12.3. The van der Waals surface area contributed by atoms with Gasteiger partial charge in [0.1, 0.15) is 5.56 Å². The Kier molecular flexibility index (Phi) is 4.51. The number of carboxylic acids is 1. The van der Waals surface area contributed by atoms with Crippen molar-refractivity contribution >= 4 is 11.9 Å². The number of rotatable bonds is 1. The summed E-state index contributed by atoms with van der Waals surface area (Å²) in [5.74, 6) is -2.79. The van der Waals surface area contributed by atoms with Gasteiger partial charge in [0.15, 0.2) is 17.7 Å². The first-order valence-electron chi connectivity index (χ1n) is 7.13. The molecule has 0 saturated carbocycles. The number of carboxylic acid groups (broad SMARTS) is 1. The average molecular weight is 310 g/mol. The maximum Gasteiger partial charge on any atom is 0.341 e. The van der Waals surface area contributed by atoms with E-state index in [4.69, 9.17) is 9.84 Å². The standard InChI is InChI=1S/C12H12N2O6.C2H6/c15-9-6(12(18)19)4-13-5-7-14(2-1-3-20-7)11(17)8(13)10(9)16;1-2/h4,7,16H,1-3,5H2,(H,18,19);1-2H3. The number of amides is 1. The van der Waals surface area contributed by atoms with Crippen molar-refractivity contribution in [3.8, 4) is 5.75 Å². The minimum absolute atomic E-state index is 0.179. The van der Waals surface area contributed by atoms with E-state index >= 15 is 0 Å². The first kappa shape index (κ1) is 16.0. The summed E-state index contributed by atoms with van der Waals surface area (Å²) in [5, 5.41) is 18.8. The first-order valence-corrected chi connectivity index (χ1v) is 7.13. The Hall–Kier alpha value is -2.35. The lowest BCUT2D eigenvalue weighted by atomic mass is 10.1. The van der Waals surface area contributed by atoms with Gasteiger partial charge < -0.3 is 24.4 Å². The largest absolute Gasteiger partial charge is 0.503 e. The van der Waals surface area contributed by atoms with Crippen LogP contribution < -0.4 is 5.43 Å². The molecule has 22 heavy (non-hydrogen) atoms. The molecule has 1 aromatic heterocycles. The van der Waals surface area contributed by atoms with Crippen LogP contribution in [0.3, 0.4) is 0 Å². The van der Waals surface area contributed by atoms with Crippen LogP contribution in [0.2, 0.25) is 0 Å². The molecule has 3 rings (SSSR count). The molecule has 0 spiro atoms. The predicted octanol–water partition coefficient (Wildman–Crippen LogP) is 0.480. The van der Waals surface area contributed by atoms with Crippen LogP contribution in [-0.2, 0) is 11.3 Å². The SMILES string of the molecule is CC.O=C(O)c1cn2c(c(O)c1=O)C(=O)N1CCCOC1C2. The van der Waals surface area contributed by atoms with Gasteiger partial charge in [-0.1, -0.05) is 13.8 Å². The molecule has 0 bridgehead atoms. The van der Waals surface area contributed by atoms with Gasteiger partial charge in [-0.3, -0.25) is 9.59 Å². The molecule has 0 aromatic carbocycles. The summed E-state index contributed by atoms with van der Waals surface area (Å²) in [7, 11) is 0. The Morgan fingerprint density at radius 2 is 2.05 bits per heavy atom. The second-order valence-corrected chi connectivity index (χ2v) is 4.70. The van der Waals surface area contributed by atoms with Crippen molar-refractivity contribution in [3.63, 3.8) is 0 Å². The fourth-order valence-corrected chi connectivity index (χ4v) is 2.55. The smallest absolute Gasteiger partial charge is 0.341 e. The molecule has 1 fully saturated rings. The fourth-order valence-electron chi connectivity index (χ4n) is 2.55. The van der Waals surface area contributed by atoms with E-state index in [2.05, 4.69) is 0 Å². The molecule has 0 radical (unpaired) electrons. The summed E-state index contributed by atoms with van der Waals surface area (Å²) in [5.41, 5.74) is -1.79. The molecule has 120 valence electrons. The van der Waals surface area contributed by atoms with Crippen LogP contribution in [0.4, 0.5) is 0 Å². The van der Waals surface area contributed by atoms with Gasteiger partial charge in [0.2, 0.25) is 5.43 Å². The topological polar surface area (TPSA) is 109 Å². The third-order valence-corrected chi connectivity index (χ3v) is 3.50. The molecular formula is C14H18N2O6. The van der Waals surface area contributed by atoms with Crippen molar-refractivity contribution in [2.45, 2.75) is 33.0 Å². The van der Waals surface area contributed by atoms with E-state index in [9.17, 15) is 19.5 Å². The fraction of sp³-hybridized carbons (Fsp3) is 0.500. The molecule has 1 unspecified atom stereocenters. The van der Waals surface area contributed by atoms with E-state index in [-0.39, 0.29) is 12.2 Å². The van der Waals surface area contributed by atoms with Gasteiger partial charge in [-0.2, -0.15) is 0 Å². The van der Waals surface area contributed by atoms with Crippen molar-refractivity contribution in [1.82, 2.24) is 9.47 Å².